The predicted molar refractivity (Wildman–Crippen MR) is 112 cm³/mol. The number of aliphatic carboxylic acids is 1. The number of fused-ring (bicyclic) bond motifs is 3. The van der Waals surface area contributed by atoms with E-state index in [0.29, 0.717) is 19.3 Å². The van der Waals surface area contributed by atoms with E-state index in [0.717, 1.165) is 35.1 Å². The van der Waals surface area contributed by atoms with Gasteiger partial charge < -0.3 is 20.3 Å². The van der Waals surface area contributed by atoms with Gasteiger partial charge in [0.2, 0.25) is 0 Å². The van der Waals surface area contributed by atoms with Gasteiger partial charge in [-0.05, 0) is 60.3 Å². The lowest BCUT2D eigenvalue weighted by Crippen LogP contribution is -2.43. The molecule has 3 N–H and O–H groups in total. The highest BCUT2D eigenvalue weighted by Gasteiger charge is 2.31. The second-order valence-electron chi connectivity index (χ2n) is 8.27. The number of ether oxygens (including phenoxy) is 1. The monoisotopic (exact) mass is 409 g/mol. The van der Waals surface area contributed by atoms with Crippen LogP contribution in [-0.4, -0.2) is 41.0 Å². The van der Waals surface area contributed by atoms with Crippen LogP contribution in [0.1, 0.15) is 49.1 Å². The van der Waals surface area contributed by atoms with Gasteiger partial charge in [-0.1, -0.05) is 48.5 Å². The van der Waals surface area contributed by atoms with Crippen molar-refractivity contribution in [2.75, 3.05) is 6.61 Å². The molecular weight excluding hydrogens is 382 g/mol. The Bertz CT molecular complexity index is 874. The minimum Gasteiger partial charge on any atom is -0.480 e. The van der Waals surface area contributed by atoms with E-state index in [4.69, 9.17) is 4.74 Å². The van der Waals surface area contributed by atoms with Crippen molar-refractivity contribution >= 4 is 12.1 Å². The van der Waals surface area contributed by atoms with Gasteiger partial charge in [-0.25, -0.2) is 9.59 Å². The van der Waals surface area contributed by atoms with Gasteiger partial charge in [0.25, 0.3) is 0 Å². The van der Waals surface area contributed by atoms with Crippen LogP contribution < -0.4 is 5.32 Å². The molecule has 6 heteroatoms. The molecule has 0 aromatic heterocycles. The van der Waals surface area contributed by atoms with E-state index in [9.17, 15) is 19.8 Å². The Morgan fingerprint density at radius 1 is 0.967 bits per heavy atom. The summed E-state index contributed by atoms with van der Waals surface area (Å²) in [7, 11) is 0. The number of amides is 1. The molecule has 0 aliphatic heterocycles. The molecule has 0 bridgehead atoms. The maximum absolute atomic E-state index is 12.4. The zero-order valence-electron chi connectivity index (χ0n) is 16.8. The summed E-state index contributed by atoms with van der Waals surface area (Å²) in [5, 5.41) is 21.7. The fraction of sp³-hybridized carbons (Fsp3) is 0.417. The van der Waals surface area contributed by atoms with Crippen LogP contribution in [0.25, 0.3) is 11.1 Å². The van der Waals surface area contributed by atoms with Crippen LogP contribution in [0.2, 0.25) is 0 Å². The summed E-state index contributed by atoms with van der Waals surface area (Å²) in [6, 6.07) is 15.2. The van der Waals surface area contributed by atoms with E-state index < -0.39 is 18.1 Å². The first kappa shape index (κ1) is 20.4. The molecule has 0 spiro atoms. The molecule has 6 nitrogen and oxygen atoms in total. The first-order valence-electron chi connectivity index (χ1n) is 10.5. The van der Waals surface area contributed by atoms with E-state index in [1.807, 2.05) is 36.4 Å². The molecule has 2 aromatic rings. The largest absolute Gasteiger partial charge is 0.480 e. The molecule has 30 heavy (non-hydrogen) atoms. The van der Waals surface area contributed by atoms with Gasteiger partial charge in [0.1, 0.15) is 12.6 Å². The third-order valence-electron chi connectivity index (χ3n) is 6.32. The van der Waals surface area contributed by atoms with Gasteiger partial charge in [-0.3, -0.25) is 0 Å². The van der Waals surface area contributed by atoms with E-state index in [-0.39, 0.29) is 24.5 Å². The summed E-state index contributed by atoms with van der Waals surface area (Å²) in [6.45, 7) is 0.155. The summed E-state index contributed by atoms with van der Waals surface area (Å²) in [5.74, 6) is -0.940. The van der Waals surface area contributed by atoms with Gasteiger partial charge in [0, 0.05) is 5.92 Å². The topological polar surface area (TPSA) is 95.9 Å². The number of nitrogens with one attached hydrogen (secondary N) is 1. The average Bonchev–Trinajstić information content (AvgIpc) is 3.07. The lowest BCUT2D eigenvalue weighted by atomic mass is 9.83. The minimum atomic E-state index is -1.06. The standard InChI is InChI=1S/C24H27NO5/c26-16-11-9-15(10-12-16)13-22(23(27)28)25-24(29)30-14-21-19-7-3-1-5-17(19)18-6-2-4-8-20(18)21/h1-8,15-16,21-22,26H,9-14H2,(H,25,29)(H,27,28)/t15?,16?,22-/m0/s1. The number of carboxylic acid groups (broad SMARTS) is 1. The third-order valence-corrected chi connectivity index (χ3v) is 6.32. The number of carboxylic acids is 1. The van der Waals surface area contributed by atoms with Crippen LogP contribution in [0, 0.1) is 5.92 Å². The zero-order chi connectivity index (χ0) is 21.1. The number of benzene rings is 2. The van der Waals surface area contributed by atoms with Crippen molar-refractivity contribution in [2.24, 2.45) is 5.92 Å². The van der Waals surface area contributed by atoms with E-state index in [1.54, 1.807) is 0 Å². The van der Waals surface area contributed by atoms with Gasteiger partial charge in [-0.15, -0.1) is 0 Å². The first-order chi connectivity index (χ1) is 14.5. The van der Waals surface area contributed by atoms with Gasteiger partial charge >= 0.3 is 12.1 Å². The predicted octanol–water partition coefficient (Wildman–Crippen LogP) is 3.92. The van der Waals surface area contributed by atoms with Crippen LogP contribution in [-0.2, 0) is 9.53 Å². The maximum Gasteiger partial charge on any atom is 0.407 e. The molecule has 158 valence electrons. The quantitative estimate of drug-likeness (QED) is 0.672. The number of carbonyl (C=O) groups is 2. The molecule has 2 aromatic carbocycles. The highest BCUT2D eigenvalue weighted by molar-refractivity contribution is 5.81. The maximum atomic E-state index is 12.4. The fourth-order valence-corrected chi connectivity index (χ4v) is 4.72. The van der Waals surface area contributed by atoms with Gasteiger partial charge in [-0.2, -0.15) is 0 Å². The summed E-state index contributed by atoms with van der Waals surface area (Å²) >= 11 is 0. The van der Waals surface area contributed by atoms with Gasteiger partial charge in [0.15, 0.2) is 0 Å². The van der Waals surface area contributed by atoms with Gasteiger partial charge in [0.05, 0.1) is 6.10 Å². The minimum absolute atomic E-state index is 0.0636. The molecule has 2 aliphatic rings. The second-order valence-corrected chi connectivity index (χ2v) is 8.27. The Morgan fingerprint density at radius 2 is 1.53 bits per heavy atom. The molecule has 0 heterocycles. The molecule has 1 atom stereocenters. The summed E-state index contributed by atoms with van der Waals surface area (Å²) in [6.07, 6.45) is 2.27. The summed E-state index contributed by atoms with van der Waals surface area (Å²) in [4.78, 5) is 24.0. The number of aliphatic hydroxyl groups excluding tert-OH is 1. The van der Waals surface area contributed by atoms with E-state index in [2.05, 4.69) is 17.4 Å². The molecule has 1 saturated carbocycles. The Labute approximate surface area is 175 Å². The smallest absolute Gasteiger partial charge is 0.407 e. The number of rotatable bonds is 6. The number of hydrogen-bond donors (Lipinski definition) is 3. The molecule has 0 unspecified atom stereocenters. The Balaban J connectivity index is 1.37. The highest BCUT2D eigenvalue weighted by atomic mass is 16.5. The zero-order valence-corrected chi connectivity index (χ0v) is 16.8. The molecule has 1 amide bonds. The van der Waals surface area contributed by atoms with Crippen molar-refractivity contribution in [1.82, 2.24) is 5.32 Å². The average molecular weight is 409 g/mol. The molecule has 0 saturated heterocycles. The summed E-state index contributed by atoms with van der Waals surface area (Å²) < 4.78 is 5.47. The van der Waals surface area contributed by atoms with Crippen molar-refractivity contribution in [3.05, 3.63) is 59.7 Å². The lowest BCUT2D eigenvalue weighted by molar-refractivity contribution is -0.140. The second kappa shape index (κ2) is 8.88. The van der Waals surface area contributed by atoms with Crippen molar-refractivity contribution in [3.8, 4) is 11.1 Å². The normalized spacial score (nSPS) is 21.4. The lowest BCUT2D eigenvalue weighted by Gasteiger charge is -2.27. The van der Waals surface area contributed by atoms with Crippen molar-refractivity contribution in [3.63, 3.8) is 0 Å². The molecule has 4 rings (SSSR count). The molecular formula is C24H27NO5. The van der Waals surface area contributed by atoms with Crippen molar-refractivity contribution in [2.45, 2.75) is 50.2 Å². The third kappa shape index (κ3) is 4.33. The molecule has 2 aliphatic carbocycles. The van der Waals surface area contributed by atoms with Crippen LogP contribution in [0.15, 0.2) is 48.5 Å². The Hall–Kier alpha value is -2.86. The number of carbonyl (C=O) groups excluding carboxylic acids is 1. The first-order valence-corrected chi connectivity index (χ1v) is 10.5. The van der Waals surface area contributed by atoms with Crippen LogP contribution >= 0.6 is 0 Å². The van der Waals surface area contributed by atoms with E-state index in [1.165, 1.54) is 0 Å². The van der Waals surface area contributed by atoms with Crippen molar-refractivity contribution < 1.29 is 24.5 Å². The van der Waals surface area contributed by atoms with Crippen LogP contribution in [0.5, 0.6) is 0 Å². The number of hydrogen-bond acceptors (Lipinski definition) is 4. The Morgan fingerprint density at radius 3 is 2.10 bits per heavy atom. The molecule has 1 fully saturated rings. The fourth-order valence-electron chi connectivity index (χ4n) is 4.72. The Kier molecular flexibility index (Phi) is 6.04. The number of alkyl carbamates (subject to hydrolysis) is 1. The molecule has 0 radical (unpaired) electrons. The van der Waals surface area contributed by atoms with E-state index >= 15 is 0 Å². The van der Waals surface area contributed by atoms with Crippen molar-refractivity contribution in [1.29, 1.82) is 0 Å². The van der Waals surface area contributed by atoms with Crippen LogP contribution in [0.4, 0.5) is 4.79 Å². The van der Waals surface area contributed by atoms with Crippen LogP contribution in [0.3, 0.4) is 0 Å². The number of aliphatic hydroxyl groups is 1. The summed E-state index contributed by atoms with van der Waals surface area (Å²) in [5.41, 5.74) is 4.51. The highest BCUT2D eigenvalue weighted by Crippen LogP contribution is 2.44. The SMILES string of the molecule is O=C(N[C@@H](CC1CCC(O)CC1)C(=O)O)OCC1c2ccccc2-c2ccccc21.